The maximum Gasteiger partial charge on any atom is 0.127 e. The highest BCUT2D eigenvalue weighted by Crippen LogP contribution is 2.42. The zero-order chi connectivity index (χ0) is 38.9. The van der Waals surface area contributed by atoms with Crippen LogP contribution in [0, 0.1) is 13.8 Å². The smallest absolute Gasteiger partial charge is 0.127 e. The third-order valence-electron chi connectivity index (χ3n) is 11.1. The molecular formula is C50H48N4O2. The average molecular weight is 737 g/mol. The molecule has 280 valence electrons. The van der Waals surface area contributed by atoms with Gasteiger partial charge in [0.05, 0.1) is 22.8 Å². The molecule has 12 bridgehead atoms. The Morgan fingerprint density at radius 2 is 0.982 bits per heavy atom. The van der Waals surface area contributed by atoms with E-state index in [1.165, 1.54) is 27.8 Å². The van der Waals surface area contributed by atoms with Crippen molar-refractivity contribution in [3.05, 3.63) is 141 Å². The standard InChI is InChI=1S/C50H48N4O2/c1-29-21-31-22-30(2)40(29)28-56-46-20-10-33(50(6,7)8)24-39(46)48-43-17-13-36(53-43)25-34-11-15-41(51-34)47(38-23-32(49(3,4)5)9-19-45(38)55-27-31)42-16-12-35(52-42)26-37-14-18-44(48)54-37/h9-26,51,54H,27-28H2,1-8H3. The van der Waals surface area contributed by atoms with Crippen LogP contribution in [0.5, 0.6) is 11.5 Å². The van der Waals surface area contributed by atoms with E-state index in [1.54, 1.807) is 0 Å². The fraction of sp³-hybridized carbons (Fsp3) is 0.240. The van der Waals surface area contributed by atoms with Crippen molar-refractivity contribution in [3.63, 3.8) is 0 Å². The van der Waals surface area contributed by atoms with Crippen molar-refractivity contribution in [3.8, 4) is 33.8 Å². The van der Waals surface area contributed by atoms with Crippen molar-refractivity contribution in [1.82, 2.24) is 19.9 Å². The minimum Gasteiger partial charge on any atom is -0.488 e. The molecule has 0 atom stereocenters. The van der Waals surface area contributed by atoms with Crippen molar-refractivity contribution in [1.29, 1.82) is 0 Å². The first-order chi connectivity index (χ1) is 26.8. The summed E-state index contributed by atoms with van der Waals surface area (Å²) in [5, 5.41) is 0. The number of nitrogens with zero attached hydrogens (tertiary/aromatic N) is 2. The van der Waals surface area contributed by atoms with Gasteiger partial charge < -0.3 is 19.4 Å². The summed E-state index contributed by atoms with van der Waals surface area (Å²) in [6.45, 7) is 18.7. The van der Waals surface area contributed by atoms with E-state index in [9.17, 15) is 0 Å². The van der Waals surface area contributed by atoms with E-state index in [0.29, 0.717) is 13.2 Å². The number of aromatic nitrogens is 4. The third kappa shape index (κ3) is 6.63. The molecule has 0 spiro atoms. The molecule has 2 N–H and O–H groups in total. The maximum absolute atomic E-state index is 6.87. The first-order valence-corrected chi connectivity index (χ1v) is 19.5. The highest BCUT2D eigenvalue weighted by Gasteiger charge is 2.23. The molecule has 9 heterocycles. The molecule has 0 amide bonds. The number of ether oxygens (including phenoxy) is 2. The molecule has 0 fully saturated rings. The maximum atomic E-state index is 6.87. The molecule has 6 aliphatic heterocycles. The Kier molecular flexibility index (Phi) is 8.42. The van der Waals surface area contributed by atoms with E-state index in [-0.39, 0.29) is 10.8 Å². The lowest BCUT2D eigenvalue weighted by atomic mass is 9.85. The molecule has 3 aromatic heterocycles. The summed E-state index contributed by atoms with van der Waals surface area (Å²) in [4.78, 5) is 18.0. The first-order valence-electron chi connectivity index (χ1n) is 19.5. The molecule has 6 aromatic rings. The molecule has 0 unspecified atom stereocenters. The average Bonchev–Trinajstić information content (AvgIpc) is 3.97. The molecule has 0 radical (unpaired) electrons. The SMILES string of the molecule is Cc1cc2cc(C)c1COc1ccc(C(C)(C)C)cc1-c1c3nc(cc4ccc([nH]4)c(c4nc(cc5ccc1[nH]5)C=C4)-c1cc(C(C)(C)C)ccc1OC2)C=C3. The van der Waals surface area contributed by atoms with Gasteiger partial charge in [0.15, 0.2) is 0 Å². The fourth-order valence-electron chi connectivity index (χ4n) is 7.98. The van der Waals surface area contributed by atoms with Crippen molar-refractivity contribution in [2.24, 2.45) is 0 Å². The van der Waals surface area contributed by atoms with Gasteiger partial charge in [-0.2, -0.15) is 0 Å². The molecular weight excluding hydrogens is 689 g/mol. The topological polar surface area (TPSA) is 75.8 Å². The summed E-state index contributed by atoms with van der Waals surface area (Å²) >= 11 is 0. The quantitative estimate of drug-likeness (QED) is 0.163. The van der Waals surface area contributed by atoms with Crippen LogP contribution < -0.4 is 9.47 Å². The summed E-state index contributed by atoms with van der Waals surface area (Å²) < 4.78 is 13.7. The molecule has 56 heavy (non-hydrogen) atoms. The normalized spacial score (nSPS) is 13.7. The van der Waals surface area contributed by atoms with E-state index in [4.69, 9.17) is 19.4 Å². The Hall–Kier alpha value is -6.14. The Labute approximate surface area is 329 Å². The first kappa shape index (κ1) is 35.6. The minimum absolute atomic E-state index is 0.0780. The highest BCUT2D eigenvalue weighted by atomic mass is 16.5. The van der Waals surface area contributed by atoms with Gasteiger partial charge in [0.2, 0.25) is 0 Å². The third-order valence-corrected chi connectivity index (χ3v) is 11.1. The minimum atomic E-state index is -0.0791. The van der Waals surface area contributed by atoms with Gasteiger partial charge in [-0.05, 0) is 143 Å². The monoisotopic (exact) mass is 736 g/mol. The van der Waals surface area contributed by atoms with E-state index < -0.39 is 0 Å². The van der Waals surface area contributed by atoms with Crippen molar-refractivity contribution >= 4 is 46.4 Å². The largest absolute Gasteiger partial charge is 0.488 e. The van der Waals surface area contributed by atoms with Crippen LogP contribution in [0.1, 0.15) is 97.7 Å². The summed E-state index contributed by atoms with van der Waals surface area (Å²) in [5.41, 5.74) is 18.1. The lowest BCUT2D eigenvalue weighted by Crippen LogP contribution is -2.12. The molecule has 6 aliphatic rings. The zero-order valence-electron chi connectivity index (χ0n) is 33.5. The van der Waals surface area contributed by atoms with Crippen LogP contribution in [0.3, 0.4) is 0 Å². The molecule has 12 rings (SSSR count). The molecule has 0 saturated carbocycles. The summed E-state index contributed by atoms with van der Waals surface area (Å²) in [5.74, 6) is 1.61. The Bertz CT molecular complexity index is 2780. The summed E-state index contributed by atoms with van der Waals surface area (Å²) in [6, 6.07) is 30.4. The highest BCUT2D eigenvalue weighted by molar-refractivity contribution is 5.95. The Morgan fingerprint density at radius 1 is 0.518 bits per heavy atom. The lowest BCUT2D eigenvalue weighted by molar-refractivity contribution is 0.302. The van der Waals surface area contributed by atoms with Crippen LogP contribution in [0.2, 0.25) is 0 Å². The van der Waals surface area contributed by atoms with Gasteiger partial charge in [-0.15, -0.1) is 0 Å². The number of aromatic amines is 2. The fourth-order valence-corrected chi connectivity index (χ4v) is 7.98. The van der Waals surface area contributed by atoms with Crippen LogP contribution in [-0.2, 0) is 24.0 Å². The number of hydrogen-bond donors (Lipinski definition) is 2. The Morgan fingerprint density at radius 3 is 1.45 bits per heavy atom. The van der Waals surface area contributed by atoms with E-state index >= 15 is 0 Å². The van der Waals surface area contributed by atoms with Gasteiger partial charge in [0.1, 0.15) is 24.7 Å². The predicted molar refractivity (Wildman–Crippen MR) is 232 cm³/mol. The van der Waals surface area contributed by atoms with Crippen molar-refractivity contribution < 1.29 is 9.47 Å². The number of aryl methyl sites for hydroxylation is 2. The molecule has 0 aliphatic carbocycles. The second-order valence-electron chi connectivity index (χ2n) is 17.4. The number of benzene rings is 3. The van der Waals surface area contributed by atoms with Crippen LogP contribution in [0.25, 0.3) is 68.6 Å². The van der Waals surface area contributed by atoms with Gasteiger partial charge >= 0.3 is 0 Å². The molecule has 6 heteroatoms. The second kappa shape index (κ2) is 13.3. The zero-order valence-corrected chi connectivity index (χ0v) is 33.5. The molecule has 6 nitrogen and oxygen atoms in total. The van der Waals surface area contributed by atoms with Gasteiger partial charge in [-0.3, -0.25) is 0 Å². The predicted octanol–water partition coefficient (Wildman–Crippen LogP) is 12.7. The summed E-state index contributed by atoms with van der Waals surface area (Å²) in [7, 11) is 0. The lowest BCUT2D eigenvalue weighted by Gasteiger charge is -2.23. The Balaban J connectivity index is 1.41. The second-order valence-corrected chi connectivity index (χ2v) is 17.4. The van der Waals surface area contributed by atoms with Crippen molar-refractivity contribution in [2.75, 3.05) is 0 Å². The van der Waals surface area contributed by atoms with E-state index in [2.05, 4.69) is 175 Å². The van der Waals surface area contributed by atoms with Gasteiger partial charge in [0, 0.05) is 44.3 Å². The van der Waals surface area contributed by atoms with Crippen LogP contribution in [-0.4, -0.2) is 19.9 Å². The number of H-pyrrole nitrogens is 2. The van der Waals surface area contributed by atoms with Crippen LogP contribution >= 0.6 is 0 Å². The van der Waals surface area contributed by atoms with Gasteiger partial charge in [-0.25, -0.2) is 9.97 Å². The van der Waals surface area contributed by atoms with E-state index in [0.717, 1.165) is 84.2 Å². The van der Waals surface area contributed by atoms with Crippen LogP contribution in [0.4, 0.5) is 0 Å². The molecule has 0 saturated heterocycles. The van der Waals surface area contributed by atoms with Gasteiger partial charge in [-0.1, -0.05) is 65.8 Å². The number of nitrogens with one attached hydrogen (secondary N) is 2. The summed E-state index contributed by atoms with van der Waals surface area (Å²) in [6.07, 6.45) is 8.41. The molecule has 3 aromatic carbocycles. The van der Waals surface area contributed by atoms with Crippen molar-refractivity contribution in [2.45, 2.75) is 79.4 Å². The van der Waals surface area contributed by atoms with E-state index in [1.807, 2.05) is 0 Å². The van der Waals surface area contributed by atoms with Gasteiger partial charge in [0.25, 0.3) is 0 Å². The number of rotatable bonds is 0. The van der Waals surface area contributed by atoms with Crippen LogP contribution in [0.15, 0.2) is 84.9 Å². The number of hydrogen-bond acceptors (Lipinski definition) is 4.